The number of benzene rings is 1. The van der Waals surface area contributed by atoms with Crippen molar-refractivity contribution in [3.8, 4) is 0 Å². The minimum atomic E-state index is -3.91. The molecule has 0 heterocycles. The van der Waals surface area contributed by atoms with Gasteiger partial charge in [0, 0.05) is 11.0 Å². The van der Waals surface area contributed by atoms with E-state index in [1.165, 1.54) is 12.1 Å². The van der Waals surface area contributed by atoms with Gasteiger partial charge in [0.2, 0.25) is 10.0 Å². The Hall–Kier alpha value is -0.430. The van der Waals surface area contributed by atoms with E-state index in [1.807, 2.05) is 0 Å². The normalized spacial score (nSPS) is 11.4. The first-order valence-electron chi connectivity index (χ1n) is 4.11. The summed E-state index contributed by atoms with van der Waals surface area (Å²) in [5.74, 6) is -0.961. The molecule has 0 amide bonds. The summed E-state index contributed by atoms with van der Waals surface area (Å²) in [6.45, 7) is 3.44. The Morgan fingerprint density at radius 2 is 2.19 bits per heavy atom. The van der Waals surface area contributed by atoms with E-state index in [9.17, 15) is 12.8 Å². The molecule has 0 fully saturated rings. The zero-order valence-electron chi connectivity index (χ0n) is 8.00. The Morgan fingerprint density at radius 3 is 2.75 bits per heavy atom. The van der Waals surface area contributed by atoms with E-state index in [-0.39, 0.29) is 11.6 Å². The van der Waals surface area contributed by atoms with Gasteiger partial charge in [0.05, 0.1) is 5.02 Å². The number of hydrogen-bond acceptors (Lipinski definition) is 2. The van der Waals surface area contributed by atoms with Crippen molar-refractivity contribution in [3.05, 3.63) is 40.1 Å². The maximum absolute atomic E-state index is 13.4. The van der Waals surface area contributed by atoms with Gasteiger partial charge in [-0.25, -0.2) is 17.5 Å². The molecule has 0 unspecified atom stereocenters. The average molecular weight is 329 g/mol. The standard InChI is InChI=1S/C9H8BrClFNO2S/c1-6(10)5-13-16(14,15)8-4-2-3-7(11)9(8)12/h2-4,13H,1,5H2. The molecule has 1 aromatic carbocycles. The van der Waals surface area contributed by atoms with Gasteiger partial charge in [0.1, 0.15) is 4.90 Å². The quantitative estimate of drug-likeness (QED) is 0.923. The van der Waals surface area contributed by atoms with E-state index < -0.39 is 20.7 Å². The molecule has 0 spiro atoms. The molecule has 7 heteroatoms. The van der Waals surface area contributed by atoms with Crippen LogP contribution in [0.15, 0.2) is 34.2 Å². The van der Waals surface area contributed by atoms with E-state index in [0.717, 1.165) is 6.07 Å². The van der Waals surface area contributed by atoms with E-state index in [2.05, 4.69) is 27.2 Å². The molecule has 0 saturated heterocycles. The van der Waals surface area contributed by atoms with Crippen molar-refractivity contribution in [2.24, 2.45) is 0 Å². The van der Waals surface area contributed by atoms with Gasteiger partial charge in [-0.3, -0.25) is 0 Å². The summed E-state index contributed by atoms with van der Waals surface area (Å²) in [5, 5.41) is -0.236. The largest absolute Gasteiger partial charge is 0.243 e. The molecule has 88 valence electrons. The van der Waals surface area contributed by atoms with Crippen LogP contribution in [0.2, 0.25) is 5.02 Å². The SMILES string of the molecule is C=C(Br)CNS(=O)(=O)c1cccc(Cl)c1F. The highest BCUT2D eigenvalue weighted by Crippen LogP contribution is 2.21. The van der Waals surface area contributed by atoms with Gasteiger partial charge in [-0.1, -0.05) is 40.2 Å². The van der Waals surface area contributed by atoms with Crippen molar-refractivity contribution < 1.29 is 12.8 Å². The fourth-order valence-electron chi connectivity index (χ4n) is 0.943. The second-order valence-electron chi connectivity index (χ2n) is 2.89. The lowest BCUT2D eigenvalue weighted by molar-refractivity contribution is 0.560. The Bertz CT molecular complexity index is 518. The summed E-state index contributed by atoms with van der Waals surface area (Å²) in [7, 11) is -3.91. The molecule has 0 saturated carbocycles. The number of sulfonamides is 1. The lowest BCUT2D eigenvalue weighted by atomic mass is 10.3. The van der Waals surface area contributed by atoms with Crippen LogP contribution in [-0.4, -0.2) is 15.0 Å². The van der Waals surface area contributed by atoms with Crippen molar-refractivity contribution in [1.29, 1.82) is 0 Å². The van der Waals surface area contributed by atoms with Gasteiger partial charge < -0.3 is 0 Å². The summed E-state index contributed by atoms with van der Waals surface area (Å²) in [5.41, 5.74) is 0. The minimum absolute atomic E-state index is 0.0196. The molecule has 1 rings (SSSR count). The number of halogens is 3. The van der Waals surface area contributed by atoms with Crippen LogP contribution in [0.1, 0.15) is 0 Å². The molecule has 1 aromatic rings. The third kappa shape index (κ3) is 3.28. The number of nitrogens with one attached hydrogen (secondary N) is 1. The second kappa shape index (κ2) is 5.27. The van der Waals surface area contributed by atoms with E-state index in [0.29, 0.717) is 4.48 Å². The Kier molecular flexibility index (Phi) is 4.49. The van der Waals surface area contributed by atoms with Crippen LogP contribution in [0.5, 0.6) is 0 Å². The highest BCUT2D eigenvalue weighted by molar-refractivity contribution is 9.11. The third-order valence-corrected chi connectivity index (χ3v) is 3.65. The molecular formula is C9H8BrClFNO2S. The Labute approximate surface area is 106 Å². The molecule has 0 atom stereocenters. The molecular weight excluding hydrogens is 321 g/mol. The fourth-order valence-corrected chi connectivity index (χ4v) is 2.62. The summed E-state index contributed by atoms with van der Waals surface area (Å²) >= 11 is 8.48. The summed E-state index contributed by atoms with van der Waals surface area (Å²) < 4.78 is 39.3. The van der Waals surface area contributed by atoms with Crippen LogP contribution in [0.3, 0.4) is 0 Å². The van der Waals surface area contributed by atoms with Crippen LogP contribution >= 0.6 is 27.5 Å². The van der Waals surface area contributed by atoms with Crippen LogP contribution in [0, 0.1) is 5.82 Å². The second-order valence-corrected chi connectivity index (χ2v) is 6.16. The smallest absolute Gasteiger partial charge is 0.207 e. The van der Waals surface area contributed by atoms with Crippen LogP contribution in [-0.2, 0) is 10.0 Å². The first-order valence-corrected chi connectivity index (χ1v) is 6.77. The molecule has 0 aromatic heterocycles. The molecule has 3 nitrogen and oxygen atoms in total. The predicted molar refractivity (Wildman–Crippen MR) is 64.7 cm³/mol. The molecule has 0 aliphatic rings. The first-order chi connectivity index (χ1) is 7.34. The van der Waals surface area contributed by atoms with E-state index in [1.54, 1.807) is 0 Å². The van der Waals surface area contributed by atoms with Gasteiger partial charge in [0.15, 0.2) is 5.82 Å². The van der Waals surface area contributed by atoms with Crippen molar-refractivity contribution in [1.82, 2.24) is 4.72 Å². The van der Waals surface area contributed by atoms with Crippen molar-refractivity contribution in [3.63, 3.8) is 0 Å². The molecule has 0 aliphatic heterocycles. The van der Waals surface area contributed by atoms with Gasteiger partial charge in [-0.15, -0.1) is 0 Å². The maximum Gasteiger partial charge on any atom is 0.243 e. The average Bonchev–Trinajstić information content (AvgIpc) is 2.19. The molecule has 16 heavy (non-hydrogen) atoms. The lowest BCUT2D eigenvalue weighted by Gasteiger charge is -2.07. The van der Waals surface area contributed by atoms with E-state index in [4.69, 9.17) is 11.6 Å². The lowest BCUT2D eigenvalue weighted by Crippen LogP contribution is -2.25. The number of rotatable bonds is 4. The van der Waals surface area contributed by atoms with Crippen LogP contribution < -0.4 is 4.72 Å². The Balaban J connectivity index is 3.08. The minimum Gasteiger partial charge on any atom is -0.207 e. The highest BCUT2D eigenvalue weighted by atomic mass is 79.9. The van der Waals surface area contributed by atoms with Gasteiger partial charge in [-0.2, -0.15) is 0 Å². The zero-order chi connectivity index (χ0) is 12.3. The Morgan fingerprint density at radius 1 is 1.56 bits per heavy atom. The zero-order valence-corrected chi connectivity index (χ0v) is 11.2. The van der Waals surface area contributed by atoms with Gasteiger partial charge >= 0.3 is 0 Å². The molecule has 0 aliphatic carbocycles. The van der Waals surface area contributed by atoms with Crippen molar-refractivity contribution in [2.45, 2.75) is 4.90 Å². The summed E-state index contributed by atoms with van der Waals surface area (Å²) in [4.78, 5) is -0.478. The first kappa shape index (κ1) is 13.6. The topological polar surface area (TPSA) is 46.2 Å². The monoisotopic (exact) mass is 327 g/mol. The van der Waals surface area contributed by atoms with Crippen LogP contribution in [0.4, 0.5) is 4.39 Å². The van der Waals surface area contributed by atoms with Crippen molar-refractivity contribution >= 4 is 37.6 Å². The summed E-state index contributed by atoms with van der Waals surface area (Å²) in [6, 6.07) is 3.78. The van der Waals surface area contributed by atoms with Crippen LogP contribution in [0.25, 0.3) is 0 Å². The number of hydrogen-bond donors (Lipinski definition) is 1. The van der Waals surface area contributed by atoms with Crippen molar-refractivity contribution in [2.75, 3.05) is 6.54 Å². The molecule has 0 radical (unpaired) electrons. The molecule has 1 N–H and O–H groups in total. The highest BCUT2D eigenvalue weighted by Gasteiger charge is 2.20. The van der Waals surface area contributed by atoms with Gasteiger partial charge in [-0.05, 0) is 12.1 Å². The molecule has 0 bridgehead atoms. The fraction of sp³-hybridized carbons (Fsp3) is 0.111. The maximum atomic E-state index is 13.4. The van der Waals surface area contributed by atoms with Gasteiger partial charge in [0.25, 0.3) is 0 Å². The predicted octanol–water partition coefficient (Wildman–Crippen LogP) is 2.67. The van der Waals surface area contributed by atoms with E-state index >= 15 is 0 Å². The third-order valence-electron chi connectivity index (χ3n) is 1.66. The summed E-state index contributed by atoms with van der Waals surface area (Å²) in [6.07, 6.45) is 0.